The zero-order valence-electron chi connectivity index (χ0n) is 15.8. The van der Waals surface area contributed by atoms with E-state index in [1.165, 1.54) is 0 Å². The number of aromatic nitrogens is 4. The fourth-order valence-electron chi connectivity index (χ4n) is 3.49. The summed E-state index contributed by atoms with van der Waals surface area (Å²) in [6.45, 7) is 2.57. The number of nitrogens with zero attached hydrogens (tertiary/aromatic N) is 3. The molecule has 1 amide bonds. The number of carbonyl (C=O) groups is 1. The summed E-state index contributed by atoms with van der Waals surface area (Å²) in [6.07, 6.45) is 2.05. The Hall–Kier alpha value is -3.94. The topological polar surface area (TPSA) is 108 Å². The van der Waals surface area contributed by atoms with Crippen LogP contribution in [0.4, 0.5) is 23.1 Å². The van der Waals surface area contributed by atoms with Crippen LogP contribution in [0.15, 0.2) is 48.7 Å². The molecule has 144 valence electrons. The molecule has 3 heterocycles. The monoisotopic (exact) mass is 385 g/mol. The first kappa shape index (κ1) is 17.2. The van der Waals surface area contributed by atoms with Crippen LogP contribution in [-0.2, 0) is 17.8 Å². The Kier molecular flexibility index (Phi) is 4.09. The predicted octanol–water partition coefficient (Wildman–Crippen LogP) is 3.51. The van der Waals surface area contributed by atoms with Gasteiger partial charge in [-0.15, -0.1) is 0 Å². The lowest BCUT2D eigenvalue weighted by Crippen LogP contribution is -2.05. The number of amides is 1. The number of aromatic amines is 1. The van der Waals surface area contributed by atoms with E-state index in [1.54, 1.807) is 6.20 Å². The number of nitrogens with one attached hydrogen (secondary N) is 4. The minimum absolute atomic E-state index is 0.00462. The second-order valence-corrected chi connectivity index (χ2v) is 6.97. The molecule has 5 rings (SSSR count). The third kappa shape index (κ3) is 3.47. The van der Waals surface area contributed by atoms with Crippen LogP contribution >= 0.6 is 0 Å². The molecule has 0 radical (unpaired) electrons. The molecule has 0 saturated carbocycles. The van der Waals surface area contributed by atoms with Crippen molar-refractivity contribution in [1.82, 2.24) is 19.9 Å². The Bertz CT molecular complexity index is 1230. The molecule has 29 heavy (non-hydrogen) atoms. The van der Waals surface area contributed by atoms with E-state index in [0.717, 1.165) is 39.4 Å². The van der Waals surface area contributed by atoms with Crippen molar-refractivity contribution >= 4 is 40.1 Å². The van der Waals surface area contributed by atoms with Crippen molar-refractivity contribution in [3.8, 4) is 0 Å². The molecule has 0 aliphatic carbocycles. The summed E-state index contributed by atoms with van der Waals surface area (Å²) >= 11 is 0. The fraction of sp³-hybridized carbons (Fsp3) is 0.143. The minimum atomic E-state index is -0.00462. The van der Waals surface area contributed by atoms with Crippen LogP contribution in [0.1, 0.15) is 17.0 Å². The average molecular weight is 385 g/mol. The molecule has 0 saturated heterocycles. The molecule has 1 aliphatic heterocycles. The first-order chi connectivity index (χ1) is 14.1. The molecular formula is C21H19N7O. The van der Waals surface area contributed by atoms with E-state index in [2.05, 4.69) is 42.0 Å². The van der Waals surface area contributed by atoms with Gasteiger partial charge in [-0.2, -0.15) is 4.98 Å². The van der Waals surface area contributed by atoms with Gasteiger partial charge >= 0.3 is 0 Å². The van der Waals surface area contributed by atoms with Crippen molar-refractivity contribution in [3.05, 3.63) is 65.6 Å². The molecule has 4 aromatic rings. The average Bonchev–Trinajstić information content (AvgIpc) is 3.27. The minimum Gasteiger partial charge on any atom is -0.366 e. The molecule has 8 nitrogen and oxygen atoms in total. The van der Waals surface area contributed by atoms with Crippen molar-refractivity contribution in [2.75, 3.05) is 16.0 Å². The van der Waals surface area contributed by atoms with E-state index < -0.39 is 0 Å². The molecule has 4 N–H and O–H groups in total. The molecule has 0 spiro atoms. The summed E-state index contributed by atoms with van der Waals surface area (Å²) in [4.78, 5) is 28.2. The Morgan fingerprint density at radius 1 is 1.14 bits per heavy atom. The molecule has 2 aromatic carbocycles. The predicted molar refractivity (Wildman–Crippen MR) is 112 cm³/mol. The van der Waals surface area contributed by atoms with Gasteiger partial charge in [-0.25, -0.2) is 9.97 Å². The molecule has 1 aliphatic rings. The second kappa shape index (κ2) is 6.90. The third-order valence-electron chi connectivity index (χ3n) is 4.83. The normalized spacial score (nSPS) is 12.7. The second-order valence-electron chi connectivity index (χ2n) is 6.97. The van der Waals surface area contributed by atoms with Gasteiger partial charge in [0.15, 0.2) is 0 Å². The van der Waals surface area contributed by atoms with Crippen LogP contribution < -0.4 is 16.0 Å². The summed E-state index contributed by atoms with van der Waals surface area (Å²) in [7, 11) is 0. The van der Waals surface area contributed by atoms with Gasteiger partial charge in [-0.05, 0) is 42.8 Å². The van der Waals surface area contributed by atoms with Gasteiger partial charge < -0.3 is 20.9 Å². The molecule has 0 fully saturated rings. The highest BCUT2D eigenvalue weighted by Gasteiger charge is 2.20. The lowest BCUT2D eigenvalue weighted by molar-refractivity contribution is -0.115. The maximum absolute atomic E-state index is 11.7. The first-order valence-corrected chi connectivity index (χ1v) is 9.35. The molecule has 0 atom stereocenters. The van der Waals surface area contributed by atoms with Gasteiger partial charge in [-0.3, -0.25) is 4.79 Å². The number of rotatable bonds is 5. The summed E-state index contributed by atoms with van der Waals surface area (Å²) in [5, 5.41) is 9.40. The third-order valence-corrected chi connectivity index (χ3v) is 4.83. The van der Waals surface area contributed by atoms with Gasteiger partial charge in [0.2, 0.25) is 11.9 Å². The number of aryl methyl sites for hydroxylation is 1. The van der Waals surface area contributed by atoms with E-state index in [9.17, 15) is 4.79 Å². The summed E-state index contributed by atoms with van der Waals surface area (Å²) < 4.78 is 0. The van der Waals surface area contributed by atoms with Gasteiger partial charge in [0.05, 0.1) is 17.5 Å². The van der Waals surface area contributed by atoms with Gasteiger partial charge in [-0.1, -0.05) is 12.1 Å². The first-order valence-electron chi connectivity index (χ1n) is 9.35. The van der Waals surface area contributed by atoms with Crippen molar-refractivity contribution in [1.29, 1.82) is 0 Å². The zero-order chi connectivity index (χ0) is 19.8. The van der Waals surface area contributed by atoms with Crippen LogP contribution in [0.3, 0.4) is 0 Å². The molecule has 0 unspecified atom stereocenters. The zero-order valence-corrected chi connectivity index (χ0v) is 15.8. The van der Waals surface area contributed by atoms with E-state index >= 15 is 0 Å². The van der Waals surface area contributed by atoms with Gasteiger partial charge in [0.25, 0.3) is 0 Å². The highest BCUT2D eigenvalue weighted by molar-refractivity contribution is 6.01. The molecule has 2 aromatic heterocycles. The van der Waals surface area contributed by atoms with Crippen molar-refractivity contribution in [2.45, 2.75) is 19.9 Å². The number of fused-ring (bicyclic) bond motifs is 2. The Morgan fingerprint density at radius 3 is 3.00 bits per heavy atom. The van der Waals surface area contributed by atoms with Gasteiger partial charge in [0, 0.05) is 29.7 Å². The van der Waals surface area contributed by atoms with Crippen LogP contribution in [-0.4, -0.2) is 25.8 Å². The Labute approximate surface area is 166 Å². The SMILES string of the molecule is Cc1nc2ccc(CNc3ccnc(Nc4cccc5c4CC(=O)N5)n3)cc2[nH]1. The summed E-state index contributed by atoms with van der Waals surface area (Å²) in [5.74, 6) is 2.09. The summed E-state index contributed by atoms with van der Waals surface area (Å²) in [6, 6.07) is 13.7. The highest BCUT2D eigenvalue weighted by Crippen LogP contribution is 2.31. The number of H-pyrrole nitrogens is 1. The maximum atomic E-state index is 11.7. The number of hydrogen-bond acceptors (Lipinski definition) is 6. The molecule has 0 bridgehead atoms. The van der Waals surface area contributed by atoms with Crippen molar-refractivity contribution in [3.63, 3.8) is 0 Å². The van der Waals surface area contributed by atoms with E-state index in [-0.39, 0.29) is 5.91 Å². The standard InChI is InChI=1S/C21H19N7O/c1-12-24-17-6-5-13(9-18(17)25-12)11-23-19-7-8-22-21(28-19)27-16-4-2-3-15-14(16)10-20(29)26-15/h2-9H,10-11H2,1H3,(H,24,25)(H,26,29)(H2,22,23,27,28). The quantitative estimate of drug-likeness (QED) is 0.419. The van der Waals surface area contributed by atoms with Crippen molar-refractivity contribution in [2.24, 2.45) is 0 Å². The Balaban J connectivity index is 1.31. The highest BCUT2D eigenvalue weighted by atomic mass is 16.1. The number of anilines is 4. The Morgan fingerprint density at radius 2 is 2.07 bits per heavy atom. The number of benzene rings is 2. The maximum Gasteiger partial charge on any atom is 0.229 e. The number of carbonyl (C=O) groups excluding carboxylic acids is 1. The van der Waals surface area contributed by atoms with Crippen LogP contribution in [0.2, 0.25) is 0 Å². The summed E-state index contributed by atoms with van der Waals surface area (Å²) in [5.41, 5.74) is 5.70. The van der Waals surface area contributed by atoms with Gasteiger partial charge in [0.1, 0.15) is 11.6 Å². The number of hydrogen-bond donors (Lipinski definition) is 4. The van der Waals surface area contributed by atoms with Crippen LogP contribution in [0, 0.1) is 6.92 Å². The van der Waals surface area contributed by atoms with E-state index in [0.29, 0.717) is 24.7 Å². The van der Waals surface area contributed by atoms with E-state index in [4.69, 9.17) is 0 Å². The smallest absolute Gasteiger partial charge is 0.229 e. The molecular weight excluding hydrogens is 366 g/mol. The van der Waals surface area contributed by atoms with Crippen LogP contribution in [0.5, 0.6) is 0 Å². The lowest BCUT2D eigenvalue weighted by Gasteiger charge is -2.11. The van der Waals surface area contributed by atoms with Crippen LogP contribution in [0.25, 0.3) is 11.0 Å². The number of imidazole rings is 1. The fourth-order valence-corrected chi connectivity index (χ4v) is 3.49. The van der Waals surface area contributed by atoms with Crippen molar-refractivity contribution < 1.29 is 4.79 Å². The largest absolute Gasteiger partial charge is 0.366 e. The van der Waals surface area contributed by atoms with E-state index in [1.807, 2.05) is 43.3 Å². The lowest BCUT2D eigenvalue weighted by atomic mass is 10.1. The molecule has 8 heteroatoms.